The molecule has 0 bridgehead atoms. The molecule has 1 aromatic carbocycles. The van der Waals surface area contributed by atoms with Gasteiger partial charge in [-0.3, -0.25) is 4.98 Å². The summed E-state index contributed by atoms with van der Waals surface area (Å²) in [5.41, 5.74) is 3.31. The molecule has 5 nitrogen and oxygen atoms in total. The molecule has 5 rings (SSSR count). The average molecular weight is 447 g/mol. The Morgan fingerprint density at radius 1 is 1.06 bits per heavy atom. The fourth-order valence-corrected chi connectivity index (χ4v) is 5.40. The predicted octanol–water partition coefficient (Wildman–Crippen LogP) is 5.96. The number of hydrogen-bond donors (Lipinski definition) is 1. The first-order chi connectivity index (χ1) is 15.7. The van der Waals surface area contributed by atoms with Crippen LogP contribution in [-0.2, 0) is 0 Å². The lowest BCUT2D eigenvalue weighted by Gasteiger charge is -2.28. The van der Waals surface area contributed by atoms with E-state index in [-0.39, 0.29) is 12.1 Å². The molecule has 2 atom stereocenters. The Hall–Kier alpha value is -2.86. The number of nitrogens with one attached hydrogen (secondary N) is 1. The van der Waals surface area contributed by atoms with E-state index in [0.29, 0.717) is 12.6 Å². The monoisotopic (exact) mass is 446 g/mol. The van der Waals surface area contributed by atoms with Crippen molar-refractivity contribution in [3.8, 4) is 5.75 Å². The van der Waals surface area contributed by atoms with E-state index < -0.39 is 0 Å². The quantitative estimate of drug-likeness (QED) is 0.473. The molecule has 0 unspecified atom stereocenters. The van der Waals surface area contributed by atoms with E-state index in [2.05, 4.69) is 56.4 Å². The van der Waals surface area contributed by atoms with Crippen molar-refractivity contribution in [1.29, 1.82) is 0 Å². The maximum Gasteiger partial charge on any atom is 0.174 e. The second-order valence-electron chi connectivity index (χ2n) is 8.61. The number of pyridine rings is 1. The number of aromatic nitrogens is 2. The Morgan fingerprint density at radius 3 is 2.59 bits per heavy atom. The molecule has 1 saturated heterocycles. The van der Waals surface area contributed by atoms with Crippen molar-refractivity contribution < 1.29 is 4.74 Å². The van der Waals surface area contributed by atoms with Gasteiger partial charge in [0.15, 0.2) is 5.11 Å². The first-order valence-electron chi connectivity index (χ1n) is 11.7. The molecular formula is C26H30N4OS. The van der Waals surface area contributed by atoms with Crippen LogP contribution in [0.3, 0.4) is 0 Å². The minimum Gasteiger partial charge on any atom is -0.494 e. The number of anilines is 1. The summed E-state index contributed by atoms with van der Waals surface area (Å²) >= 11 is 5.84. The maximum atomic E-state index is 5.84. The van der Waals surface area contributed by atoms with Crippen LogP contribution >= 0.6 is 12.2 Å². The molecule has 1 aliphatic carbocycles. The summed E-state index contributed by atoms with van der Waals surface area (Å²) in [5.74, 6) is 0.871. The Morgan fingerprint density at radius 2 is 1.88 bits per heavy atom. The smallest absolute Gasteiger partial charge is 0.174 e. The molecule has 0 radical (unpaired) electrons. The second kappa shape index (κ2) is 9.33. The lowest BCUT2D eigenvalue weighted by molar-refractivity contribution is 0.340. The van der Waals surface area contributed by atoms with E-state index in [4.69, 9.17) is 17.0 Å². The van der Waals surface area contributed by atoms with Crippen LogP contribution < -0.4 is 15.0 Å². The summed E-state index contributed by atoms with van der Waals surface area (Å²) in [7, 11) is 0. The van der Waals surface area contributed by atoms with Gasteiger partial charge in [-0.1, -0.05) is 25.3 Å². The minimum absolute atomic E-state index is 0.0162. The van der Waals surface area contributed by atoms with Crippen LogP contribution in [0.25, 0.3) is 0 Å². The molecule has 1 N–H and O–H groups in total. The first kappa shape index (κ1) is 21.0. The Balaban J connectivity index is 1.51. The third kappa shape index (κ3) is 4.11. The molecule has 1 aliphatic heterocycles. The zero-order valence-corrected chi connectivity index (χ0v) is 19.3. The van der Waals surface area contributed by atoms with Crippen molar-refractivity contribution >= 4 is 23.0 Å². The van der Waals surface area contributed by atoms with Crippen molar-refractivity contribution in [2.45, 2.75) is 57.2 Å². The van der Waals surface area contributed by atoms with Crippen LogP contribution in [0.4, 0.5) is 5.69 Å². The molecule has 166 valence electrons. The molecule has 2 fully saturated rings. The molecule has 2 aromatic heterocycles. The van der Waals surface area contributed by atoms with Crippen LogP contribution in [-0.4, -0.2) is 21.3 Å². The highest BCUT2D eigenvalue weighted by Gasteiger charge is 2.41. The summed E-state index contributed by atoms with van der Waals surface area (Å²) in [5, 5.41) is 4.27. The van der Waals surface area contributed by atoms with Gasteiger partial charge in [0.25, 0.3) is 0 Å². The Bertz CT molecular complexity index is 1040. The van der Waals surface area contributed by atoms with E-state index in [1.54, 1.807) is 0 Å². The van der Waals surface area contributed by atoms with Gasteiger partial charge in [0.2, 0.25) is 0 Å². The van der Waals surface area contributed by atoms with Crippen LogP contribution in [0.5, 0.6) is 5.75 Å². The van der Waals surface area contributed by atoms with Crippen LogP contribution in [0.1, 0.15) is 68.4 Å². The molecular weight excluding hydrogens is 416 g/mol. The maximum absolute atomic E-state index is 5.84. The van der Waals surface area contributed by atoms with E-state index >= 15 is 0 Å². The van der Waals surface area contributed by atoms with E-state index in [0.717, 1.165) is 22.2 Å². The Labute approximate surface area is 195 Å². The van der Waals surface area contributed by atoms with Crippen LogP contribution in [0, 0.1) is 0 Å². The molecule has 32 heavy (non-hydrogen) atoms. The van der Waals surface area contributed by atoms with Gasteiger partial charge in [-0.25, -0.2) is 0 Å². The summed E-state index contributed by atoms with van der Waals surface area (Å²) in [6, 6.07) is 17.1. The standard InChI is InChI=1S/C26H30N4OS/c1-2-31-22-13-11-21(12-14-22)30-25(24(28-26(30)32)23-10-6-7-16-27-23)19-15-17-29(18-19)20-8-4-3-5-9-20/h6-7,10-18,20,24-25H,2-5,8-9H2,1H3,(H,28,32)/t24-,25-/m0/s1. The average Bonchev–Trinajstić information content (AvgIpc) is 3.46. The highest BCUT2D eigenvalue weighted by atomic mass is 32.1. The summed E-state index contributed by atoms with van der Waals surface area (Å²) in [4.78, 5) is 6.89. The molecule has 2 aliphatic rings. The van der Waals surface area contributed by atoms with E-state index in [9.17, 15) is 0 Å². The number of ether oxygens (including phenoxy) is 1. The normalized spacial score (nSPS) is 21.5. The summed E-state index contributed by atoms with van der Waals surface area (Å²) in [6.45, 7) is 2.65. The molecule has 3 heterocycles. The zero-order chi connectivity index (χ0) is 21.9. The topological polar surface area (TPSA) is 42.3 Å². The Kier molecular flexibility index (Phi) is 6.12. The van der Waals surface area contributed by atoms with Crippen LogP contribution in [0.2, 0.25) is 0 Å². The van der Waals surface area contributed by atoms with Crippen molar-refractivity contribution in [1.82, 2.24) is 14.9 Å². The van der Waals surface area contributed by atoms with E-state index in [1.165, 1.54) is 37.7 Å². The van der Waals surface area contributed by atoms with Gasteiger partial charge in [-0.15, -0.1) is 0 Å². The highest BCUT2D eigenvalue weighted by molar-refractivity contribution is 7.80. The summed E-state index contributed by atoms with van der Waals surface area (Å²) < 4.78 is 8.06. The number of thiocarbonyl (C=S) groups is 1. The lowest BCUT2D eigenvalue weighted by Crippen LogP contribution is -2.29. The van der Waals surface area contributed by atoms with Gasteiger partial charge in [-0.2, -0.15) is 0 Å². The number of nitrogens with zero attached hydrogens (tertiary/aromatic N) is 3. The zero-order valence-electron chi connectivity index (χ0n) is 18.5. The molecule has 1 saturated carbocycles. The van der Waals surface area contributed by atoms with Crippen molar-refractivity contribution in [3.63, 3.8) is 0 Å². The van der Waals surface area contributed by atoms with Gasteiger partial charge in [0.1, 0.15) is 5.75 Å². The van der Waals surface area contributed by atoms with Crippen molar-refractivity contribution in [3.05, 3.63) is 78.4 Å². The molecule has 6 heteroatoms. The van der Waals surface area contributed by atoms with Gasteiger partial charge in [-0.05, 0) is 80.0 Å². The molecule has 0 amide bonds. The lowest BCUT2D eigenvalue weighted by atomic mass is 9.95. The van der Waals surface area contributed by atoms with Gasteiger partial charge in [0, 0.05) is 30.3 Å². The largest absolute Gasteiger partial charge is 0.494 e. The fourth-order valence-electron chi connectivity index (χ4n) is 5.05. The number of rotatable bonds is 6. The van der Waals surface area contributed by atoms with Gasteiger partial charge < -0.3 is 19.5 Å². The van der Waals surface area contributed by atoms with E-state index in [1.807, 2.05) is 37.4 Å². The van der Waals surface area contributed by atoms with Gasteiger partial charge in [0.05, 0.1) is 24.4 Å². The molecule has 0 spiro atoms. The third-order valence-corrected chi connectivity index (χ3v) is 6.91. The second-order valence-corrected chi connectivity index (χ2v) is 8.99. The van der Waals surface area contributed by atoms with Gasteiger partial charge >= 0.3 is 0 Å². The van der Waals surface area contributed by atoms with Crippen molar-refractivity contribution in [2.24, 2.45) is 0 Å². The molecule has 3 aromatic rings. The third-order valence-electron chi connectivity index (χ3n) is 6.60. The fraction of sp³-hybridized carbons (Fsp3) is 0.385. The number of hydrogen-bond acceptors (Lipinski definition) is 3. The SMILES string of the molecule is CCOc1ccc(N2C(=S)N[C@@H](c3ccccn3)[C@@H]2c2ccn(C3CCCCC3)c2)cc1. The first-order valence-corrected chi connectivity index (χ1v) is 12.1. The number of benzene rings is 1. The van der Waals surface area contributed by atoms with Crippen molar-refractivity contribution in [2.75, 3.05) is 11.5 Å². The minimum atomic E-state index is -0.0162. The van der Waals surface area contributed by atoms with Crippen LogP contribution in [0.15, 0.2) is 67.1 Å². The predicted molar refractivity (Wildman–Crippen MR) is 132 cm³/mol. The highest BCUT2D eigenvalue weighted by Crippen LogP contribution is 2.42. The summed E-state index contributed by atoms with van der Waals surface area (Å²) in [6.07, 6.45) is 13.0.